The minimum Gasteiger partial charge on any atom is -0.489 e. The van der Waals surface area contributed by atoms with Gasteiger partial charge in [0.25, 0.3) is 5.91 Å². The van der Waals surface area contributed by atoms with Crippen LogP contribution in [0.1, 0.15) is 48.0 Å². The summed E-state index contributed by atoms with van der Waals surface area (Å²) in [5.41, 5.74) is 3.32. The van der Waals surface area contributed by atoms with E-state index in [1.54, 1.807) is 0 Å². The molecule has 1 saturated carbocycles. The smallest absolute Gasteiger partial charge is 0.257 e. The van der Waals surface area contributed by atoms with Gasteiger partial charge in [0.05, 0.1) is 5.56 Å². The predicted molar refractivity (Wildman–Crippen MR) is 129 cm³/mol. The fraction of sp³-hybridized carbons (Fsp3) is 0.269. The summed E-state index contributed by atoms with van der Waals surface area (Å²) in [6.45, 7) is 0.511. The fourth-order valence-electron chi connectivity index (χ4n) is 3.89. The molecule has 0 saturated heterocycles. The summed E-state index contributed by atoms with van der Waals surface area (Å²) in [4.78, 5) is 13.8. The molecule has 0 bridgehead atoms. The Hall–Kier alpha value is -2.92. The van der Waals surface area contributed by atoms with Crippen LogP contribution in [-0.4, -0.2) is 11.9 Å². The van der Waals surface area contributed by atoms with Crippen molar-refractivity contribution in [2.24, 2.45) is 0 Å². The predicted octanol–water partition coefficient (Wildman–Crippen LogP) is 6.55. The highest BCUT2D eigenvalue weighted by Gasteiger charge is 2.18. The first-order chi connectivity index (χ1) is 15.2. The normalized spacial score (nSPS) is 14.1. The molecule has 3 aromatic rings. The molecule has 160 valence electrons. The number of nitrogens with one attached hydrogen (secondary N) is 2. The number of ether oxygens (including phenoxy) is 1. The van der Waals surface area contributed by atoms with Crippen molar-refractivity contribution in [3.63, 3.8) is 0 Å². The van der Waals surface area contributed by atoms with Gasteiger partial charge < -0.3 is 15.4 Å². The monoisotopic (exact) mass is 432 g/mol. The molecule has 1 aliphatic rings. The Kier molecular flexibility index (Phi) is 7.15. The maximum absolute atomic E-state index is 13.0. The minimum atomic E-state index is -0.146. The minimum absolute atomic E-state index is 0.146. The van der Waals surface area contributed by atoms with Gasteiger partial charge in [-0.25, -0.2) is 0 Å². The van der Waals surface area contributed by atoms with E-state index in [1.807, 2.05) is 72.8 Å². The lowest BCUT2D eigenvalue weighted by molar-refractivity contribution is 0.102. The summed E-state index contributed by atoms with van der Waals surface area (Å²) < 4.78 is 5.82. The van der Waals surface area contributed by atoms with Crippen molar-refractivity contribution < 1.29 is 9.53 Å². The van der Waals surface area contributed by atoms with Gasteiger partial charge in [-0.05, 0) is 60.9 Å². The summed E-state index contributed by atoms with van der Waals surface area (Å²) in [5, 5.41) is 6.57. The lowest BCUT2D eigenvalue weighted by Gasteiger charge is -2.25. The number of carbonyl (C=O) groups excluding carboxylic acids is 1. The van der Waals surface area contributed by atoms with E-state index in [0.29, 0.717) is 18.2 Å². The van der Waals surface area contributed by atoms with Gasteiger partial charge in [0.15, 0.2) is 0 Å². The molecule has 1 aliphatic carbocycles. The molecule has 1 fully saturated rings. The Morgan fingerprint density at radius 3 is 2.42 bits per heavy atom. The molecule has 3 aromatic carbocycles. The molecule has 1 amide bonds. The zero-order chi connectivity index (χ0) is 21.5. The van der Waals surface area contributed by atoms with Crippen LogP contribution in [0.5, 0.6) is 5.75 Å². The Morgan fingerprint density at radius 1 is 0.935 bits per heavy atom. The number of amides is 1. The Labute approximate surface area is 189 Å². The van der Waals surface area contributed by atoms with Crippen molar-refractivity contribution in [2.45, 2.75) is 49.6 Å². The zero-order valence-electron chi connectivity index (χ0n) is 17.5. The molecule has 31 heavy (non-hydrogen) atoms. The molecule has 0 aliphatic heterocycles. The SMILES string of the molecule is O=C(Nc1ccc(OCc2ccccc2)cc1)c1cc(S)ccc1NC1CCCCC1. The standard InChI is InChI=1S/C26H28N2O2S/c29-26(24-17-23(31)15-16-25(24)27-20-9-5-2-6-10-20)28-21-11-13-22(14-12-21)30-18-19-7-3-1-4-8-19/h1,3-4,7-8,11-17,20,27,31H,2,5-6,9-10,18H2,(H,28,29). The van der Waals surface area contributed by atoms with E-state index in [0.717, 1.165) is 40.4 Å². The summed E-state index contributed by atoms with van der Waals surface area (Å²) in [6.07, 6.45) is 6.07. The van der Waals surface area contributed by atoms with Crippen molar-refractivity contribution >= 4 is 29.9 Å². The van der Waals surface area contributed by atoms with Crippen LogP contribution in [0, 0.1) is 0 Å². The number of hydrogen-bond donors (Lipinski definition) is 3. The molecule has 4 nitrogen and oxygen atoms in total. The Balaban J connectivity index is 1.40. The first kappa shape index (κ1) is 21.3. The maximum Gasteiger partial charge on any atom is 0.257 e. The second-order valence-electron chi connectivity index (χ2n) is 7.96. The van der Waals surface area contributed by atoms with Crippen LogP contribution in [0.3, 0.4) is 0 Å². The second kappa shape index (κ2) is 10.4. The first-order valence-corrected chi connectivity index (χ1v) is 11.3. The molecule has 0 atom stereocenters. The van der Waals surface area contributed by atoms with E-state index in [-0.39, 0.29) is 5.91 Å². The average molecular weight is 433 g/mol. The van der Waals surface area contributed by atoms with E-state index >= 15 is 0 Å². The molecule has 0 aromatic heterocycles. The van der Waals surface area contributed by atoms with Crippen LogP contribution in [0.2, 0.25) is 0 Å². The van der Waals surface area contributed by atoms with E-state index in [4.69, 9.17) is 4.74 Å². The number of benzene rings is 3. The molecule has 0 heterocycles. The second-order valence-corrected chi connectivity index (χ2v) is 8.48. The van der Waals surface area contributed by atoms with E-state index in [2.05, 4.69) is 23.3 Å². The van der Waals surface area contributed by atoms with Crippen molar-refractivity contribution in [3.8, 4) is 5.75 Å². The van der Waals surface area contributed by atoms with Crippen LogP contribution in [0.4, 0.5) is 11.4 Å². The summed E-state index contributed by atoms with van der Waals surface area (Å²) >= 11 is 4.43. The third-order valence-corrected chi connectivity index (χ3v) is 5.85. The Morgan fingerprint density at radius 2 is 1.68 bits per heavy atom. The zero-order valence-corrected chi connectivity index (χ0v) is 18.4. The quantitative estimate of drug-likeness (QED) is 0.371. The maximum atomic E-state index is 13.0. The first-order valence-electron chi connectivity index (χ1n) is 10.8. The third kappa shape index (κ3) is 6.05. The van der Waals surface area contributed by atoms with E-state index in [9.17, 15) is 4.79 Å². The highest BCUT2D eigenvalue weighted by atomic mass is 32.1. The number of rotatable bonds is 7. The third-order valence-electron chi connectivity index (χ3n) is 5.57. The molecule has 0 radical (unpaired) electrons. The summed E-state index contributed by atoms with van der Waals surface area (Å²) in [6, 6.07) is 23.6. The molecule has 2 N–H and O–H groups in total. The molecule has 0 spiro atoms. The highest BCUT2D eigenvalue weighted by Crippen LogP contribution is 2.26. The number of carbonyl (C=O) groups is 1. The summed E-state index contributed by atoms with van der Waals surface area (Å²) in [5.74, 6) is 0.617. The van der Waals surface area contributed by atoms with Crippen LogP contribution in [0.25, 0.3) is 0 Å². The van der Waals surface area contributed by atoms with Crippen molar-refractivity contribution in [1.29, 1.82) is 0 Å². The van der Waals surface area contributed by atoms with Crippen LogP contribution < -0.4 is 15.4 Å². The van der Waals surface area contributed by atoms with Gasteiger partial charge in [0, 0.05) is 22.3 Å². The van der Waals surface area contributed by atoms with E-state index in [1.165, 1.54) is 19.3 Å². The molecular weight excluding hydrogens is 404 g/mol. The van der Waals surface area contributed by atoms with Gasteiger partial charge in [-0.3, -0.25) is 4.79 Å². The largest absolute Gasteiger partial charge is 0.489 e. The Bertz CT molecular complexity index is 1000. The lowest BCUT2D eigenvalue weighted by atomic mass is 9.95. The lowest BCUT2D eigenvalue weighted by Crippen LogP contribution is -2.24. The average Bonchev–Trinajstić information content (AvgIpc) is 2.81. The van der Waals surface area contributed by atoms with Gasteiger partial charge in [0.1, 0.15) is 12.4 Å². The van der Waals surface area contributed by atoms with Gasteiger partial charge in [-0.2, -0.15) is 0 Å². The highest BCUT2D eigenvalue weighted by molar-refractivity contribution is 7.80. The number of anilines is 2. The fourth-order valence-corrected chi connectivity index (χ4v) is 4.09. The van der Waals surface area contributed by atoms with Gasteiger partial charge in [-0.15, -0.1) is 12.6 Å². The number of hydrogen-bond acceptors (Lipinski definition) is 4. The van der Waals surface area contributed by atoms with E-state index < -0.39 is 0 Å². The topological polar surface area (TPSA) is 50.4 Å². The van der Waals surface area contributed by atoms with Crippen molar-refractivity contribution in [2.75, 3.05) is 10.6 Å². The molecule has 4 rings (SSSR count). The van der Waals surface area contributed by atoms with Crippen LogP contribution >= 0.6 is 12.6 Å². The van der Waals surface area contributed by atoms with Crippen LogP contribution in [0.15, 0.2) is 77.7 Å². The van der Waals surface area contributed by atoms with Gasteiger partial charge in [0.2, 0.25) is 0 Å². The van der Waals surface area contributed by atoms with Crippen molar-refractivity contribution in [3.05, 3.63) is 83.9 Å². The van der Waals surface area contributed by atoms with Crippen molar-refractivity contribution in [1.82, 2.24) is 0 Å². The van der Waals surface area contributed by atoms with Gasteiger partial charge in [-0.1, -0.05) is 49.6 Å². The van der Waals surface area contributed by atoms with Crippen LogP contribution in [-0.2, 0) is 6.61 Å². The number of thiol groups is 1. The molecule has 5 heteroatoms. The molecule has 0 unspecified atom stereocenters. The summed E-state index contributed by atoms with van der Waals surface area (Å²) in [7, 11) is 0. The molecular formula is C26H28N2O2S. The van der Waals surface area contributed by atoms with Gasteiger partial charge >= 0.3 is 0 Å².